The van der Waals surface area contributed by atoms with Crippen LogP contribution in [0.5, 0.6) is 0 Å². The first-order valence-corrected chi connectivity index (χ1v) is 4.92. The van der Waals surface area contributed by atoms with Gasteiger partial charge in [-0.25, -0.2) is 8.78 Å². The molecule has 1 aromatic heterocycles. The smallest absolute Gasteiger partial charge is 0.261 e. The van der Waals surface area contributed by atoms with Crippen molar-refractivity contribution in [2.45, 2.75) is 25.3 Å². The molecule has 0 saturated carbocycles. The minimum atomic E-state index is -2.43. The quantitative estimate of drug-likeness (QED) is 0.659. The van der Waals surface area contributed by atoms with E-state index in [2.05, 4.69) is 15.4 Å². The van der Waals surface area contributed by atoms with Gasteiger partial charge in [-0.15, -0.1) is 10.2 Å². The summed E-state index contributed by atoms with van der Waals surface area (Å²) in [7, 11) is 1.66. The first-order valence-electron chi connectivity index (χ1n) is 4.92. The Balaban J connectivity index is 2.13. The van der Waals surface area contributed by atoms with Gasteiger partial charge in [0.05, 0.1) is 7.05 Å². The summed E-state index contributed by atoms with van der Waals surface area (Å²) in [4.78, 5) is 1.34. The van der Waals surface area contributed by atoms with E-state index < -0.39 is 13.0 Å². The average molecular weight is 235 g/mol. The Morgan fingerprint density at radius 3 is 2.81 bits per heavy atom. The molecule has 0 amide bonds. The van der Waals surface area contributed by atoms with Crippen molar-refractivity contribution in [2.75, 3.05) is 13.2 Å². The second-order valence-electron chi connectivity index (χ2n) is 3.41. The Labute approximate surface area is 91.8 Å². The summed E-state index contributed by atoms with van der Waals surface area (Å²) in [5.41, 5.74) is 5.75. The van der Waals surface area contributed by atoms with Crippen LogP contribution in [0.2, 0.25) is 0 Å². The molecule has 0 aliphatic carbocycles. The van der Waals surface area contributed by atoms with Crippen LogP contribution in [0.3, 0.4) is 0 Å². The maximum Gasteiger partial charge on any atom is 0.261 e. The number of aromatic nitrogens is 4. The van der Waals surface area contributed by atoms with Crippen molar-refractivity contribution in [3.63, 3.8) is 0 Å². The third-order valence-electron chi connectivity index (χ3n) is 1.87. The van der Waals surface area contributed by atoms with Crippen LogP contribution in [0.4, 0.5) is 8.78 Å². The van der Waals surface area contributed by atoms with Crippen molar-refractivity contribution >= 4 is 0 Å². The van der Waals surface area contributed by atoms with Crippen molar-refractivity contribution in [3.05, 3.63) is 5.82 Å². The molecule has 0 radical (unpaired) electrons. The molecule has 0 fully saturated rings. The summed E-state index contributed by atoms with van der Waals surface area (Å²) < 4.78 is 28.2. The molecule has 1 atom stereocenters. The van der Waals surface area contributed by atoms with Gasteiger partial charge in [-0.2, -0.15) is 4.80 Å². The lowest BCUT2D eigenvalue weighted by atomic mass is 10.1. The predicted molar refractivity (Wildman–Crippen MR) is 51.9 cm³/mol. The highest BCUT2D eigenvalue weighted by atomic mass is 19.3. The zero-order chi connectivity index (χ0) is 12.0. The Bertz CT molecular complexity index is 306. The van der Waals surface area contributed by atoms with Crippen LogP contribution in [0.15, 0.2) is 0 Å². The van der Waals surface area contributed by atoms with Gasteiger partial charge in [-0.3, -0.25) is 0 Å². The highest BCUT2D eigenvalue weighted by Gasteiger charge is 2.09. The van der Waals surface area contributed by atoms with E-state index in [9.17, 15) is 8.78 Å². The van der Waals surface area contributed by atoms with Gasteiger partial charge in [-0.05, 0) is 11.6 Å². The first kappa shape index (κ1) is 12.9. The van der Waals surface area contributed by atoms with E-state index in [4.69, 9.17) is 10.5 Å². The molecular formula is C8H15F2N5O. The minimum absolute atomic E-state index is 0.207. The fourth-order valence-electron chi connectivity index (χ4n) is 1.15. The zero-order valence-corrected chi connectivity index (χ0v) is 9.01. The molecule has 16 heavy (non-hydrogen) atoms. The lowest BCUT2D eigenvalue weighted by molar-refractivity contribution is 0.0152. The van der Waals surface area contributed by atoms with Crippen molar-refractivity contribution in [3.8, 4) is 0 Å². The normalized spacial score (nSPS) is 13.3. The molecule has 1 unspecified atom stereocenters. The molecule has 6 nitrogen and oxygen atoms in total. The number of rotatable bonds is 7. The van der Waals surface area contributed by atoms with Crippen LogP contribution in [0, 0.1) is 0 Å². The Morgan fingerprint density at radius 2 is 2.25 bits per heavy atom. The van der Waals surface area contributed by atoms with Gasteiger partial charge in [0.1, 0.15) is 6.61 Å². The van der Waals surface area contributed by atoms with Gasteiger partial charge < -0.3 is 10.5 Å². The third kappa shape index (κ3) is 5.08. The molecule has 0 aliphatic heterocycles. The van der Waals surface area contributed by atoms with Gasteiger partial charge in [-0.1, -0.05) is 0 Å². The maximum atomic E-state index is 11.7. The SMILES string of the molecule is Cn1nnc(CC(N)CCOCC(F)F)n1. The molecule has 2 N–H and O–H groups in total. The molecule has 1 aromatic rings. The van der Waals surface area contributed by atoms with Crippen LogP contribution in [-0.4, -0.2) is 45.9 Å². The van der Waals surface area contributed by atoms with Crippen LogP contribution >= 0.6 is 0 Å². The summed E-state index contributed by atoms with van der Waals surface area (Å²) in [6, 6.07) is -0.207. The lowest BCUT2D eigenvalue weighted by Crippen LogP contribution is -2.25. The van der Waals surface area contributed by atoms with E-state index in [1.54, 1.807) is 7.05 Å². The number of aryl methyl sites for hydroxylation is 1. The number of tetrazole rings is 1. The zero-order valence-electron chi connectivity index (χ0n) is 9.01. The highest BCUT2D eigenvalue weighted by molar-refractivity contribution is 4.82. The van der Waals surface area contributed by atoms with Crippen molar-refractivity contribution < 1.29 is 13.5 Å². The first-order chi connectivity index (χ1) is 7.58. The summed E-state index contributed by atoms with van der Waals surface area (Å²) in [5.74, 6) is 0.545. The van der Waals surface area contributed by atoms with Crippen LogP contribution in [0.25, 0.3) is 0 Å². The molecule has 92 valence electrons. The molecule has 0 saturated heterocycles. The predicted octanol–water partition coefficient (Wildman–Crippen LogP) is -0.248. The van der Waals surface area contributed by atoms with Crippen molar-refractivity contribution in [2.24, 2.45) is 12.8 Å². The Hall–Kier alpha value is -1.15. The van der Waals surface area contributed by atoms with Crippen molar-refractivity contribution in [1.29, 1.82) is 0 Å². The summed E-state index contributed by atoms with van der Waals surface area (Å²) in [6.45, 7) is -0.331. The monoisotopic (exact) mass is 235 g/mol. The number of nitrogens with zero attached hydrogens (tertiary/aromatic N) is 4. The van der Waals surface area contributed by atoms with Crippen LogP contribution < -0.4 is 5.73 Å². The largest absolute Gasteiger partial charge is 0.375 e. The van der Waals surface area contributed by atoms with Gasteiger partial charge in [0.25, 0.3) is 6.43 Å². The summed E-state index contributed by atoms with van der Waals surface area (Å²) in [6.07, 6.45) is -1.48. The number of hydrogen-bond acceptors (Lipinski definition) is 5. The summed E-state index contributed by atoms with van der Waals surface area (Å²) in [5, 5.41) is 11.4. The standard InChI is InChI=1S/C8H15F2N5O/c1-15-13-8(12-14-15)4-6(11)2-3-16-5-7(9)10/h6-7H,2-5,11H2,1H3. The van der Waals surface area contributed by atoms with E-state index in [0.29, 0.717) is 18.7 Å². The van der Waals surface area contributed by atoms with Crippen LogP contribution in [-0.2, 0) is 18.2 Å². The number of halogens is 2. The molecule has 0 aromatic carbocycles. The molecule has 1 rings (SSSR count). The molecule has 0 aliphatic rings. The van der Waals surface area contributed by atoms with E-state index in [-0.39, 0.29) is 12.6 Å². The van der Waals surface area contributed by atoms with Gasteiger partial charge in [0, 0.05) is 19.1 Å². The van der Waals surface area contributed by atoms with Gasteiger partial charge in [0.15, 0.2) is 5.82 Å². The topological polar surface area (TPSA) is 78.9 Å². The molecule has 1 heterocycles. The van der Waals surface area contributed by atoms with Gasteiger partial charge >= 0.3 is 0 Å². The van der Waals surface area contributed by atoms with E-state index in [1.807, 2.05) is 0 Å². The number of alkyl halides is 2. The highest BCUT2D eigenvalue weighted by Crippen LogP contribution is 1.99. The Kier molecular flexibility index (Phi) is 5.20. The third-order valence-corrected chi connectivity index (χ3v) is 1.87. The minimum Gasteiger partial charge on any atom is -0.375 e. The second kappa shape index (κ2) is 6.44. The maximum absolute atomic E-state index is 11.7. The molecule has 8 heteroatoms. The number of hydrogen-bond donors (Lipinski definition) is 1. The summed E-state index contributed by atoms with van der Waals surface area (Å²) >= 11 is 0. The van der Waals surface area contributed by atoms with E-state index >= 15 is 0 Å². The Morgan fingerprint density at radius 1 is 1.50 bits per heavy atom. The number of ether oxygens (including phenoxy) is 1. The fraction of sp³-hybridized carbons (Fsp3) is 0.875. The second-order valence-corrected chi connectivity index (χ2v) is 3.41. The molecule has 0 spiro atoms. The van der Waals surface area contributed by atoms with Crippen LogP contribution in [0.1, 0.15) is 12.2 Å². The molecule has 0 bridgehead atoms. The molecular weight excluding hydrogens is 220 g/mol. The fourth-order valence-corrected chi connectivity index (χ4v) is 1.15. The lowest BCUT2D eigenvalue weighted by Gasteiger charge is -2.09. The number of nitrogens with two attached hydrogens (primary N) is 1. The van der Waals surface area contributed by atoms with Gasteiger partial charge in [0.2, 0.25) is 0 Å². The average Bonchev–Trinajstić information content (AvgIpc) is 2.58. The van der Waals surface area contributed by atoms with Crippen molar-refractivity contribution in [1.82, 2.24) is 20.2 Å². The van der Waals surface area contributed by atoms with E-state index in [0.717, 1.165) is 0 Å². The van der Waals surface area contributed by atoms with E-state index in [1.165, 1.54) is 4.80 Å².